The maximum absolute atomic E-state index is 12.9. The highest BCUT2D eigenvalue weighted by Crippen LogP contribution is 2.18. The molecule has 6 heteroatoms. The van der Waals surface area contributed by atoms with Gasteiger partial charge in [0.1, 0.15) is 13.2 Å². The lowest BCUT2D eigenvalue weighted by Crippen LogP contribution is -2.30. The molecule has 0 saturated carbocycles. The summed E-state index contributed by atoms with van der Waals surface area (Å²) in [6.45, 7) is 6.65. The van der Waals surface area contributed by atoms with Crippen LogP contribution in [0.15, 0.2) is 48.6 Å². The molecule has 0 heterocycles. The zero-order valence-electron chi connectivity index (χ0n) is 54.6. The molecular formula is C75H138O6. The van der Waals surface area contributed by atoms with Crippen LogP contribution >= 0.6 is 0 Å². The molecule has 0 amide bonds. The first-order chi connectivity index (χ1) is 40.0. The summed E-state index contributed by atoms with van der Waals surface area (Å²) in [5.41, 5.74) is 0. The molecule has 0 aromatic carbocycles. The highest BCUT2D eigenvalue weighted by Gasteiger charge is 2.19. The van der Waals surface area contributed by atoms with Gasteiger partial charge in [0.2, 0.25) is 0 Å². The van der Waals surface area contributed by atoms with Crippen LogP contribution in [0.4, 0.5) is 0 Å². The van der Waals surface area contributed by atoms with E-state index in [1.807, 2.05) is 0 Å². The van der Waals surface area contributed by atoms with Crippen molar-refractivity contribution in [3.63, 3.8) is 0 Å². The van der Waals surface area contributed by atoms with E-state index in [0.717, 1.165) is 89.9 Å². The molecular weight excluding hydrogens is 997 g/mol. The summed E-state index contributed by atoms with van der Waals surface area (Å²) in [7, 11) is 0. The van der Waals surface area contributed by atoms with Gasteiger partial charge in [-0.15, -0.1) is 0 Å². The molecule has 0 aromatic rings. The molecule has 0 bridgehead atoms. The Morgan fingerprint density at radius 3 is 0.716 bits per heavy atom. The van der Waals surface area contributed by atoms with Crippen molar-refractivity contribution in [3.8, 4) is 0 Å². The molecule has 0 spiro atoms. The van der Waals surface area contributed by atoms with Crippen molar-refractivity contribution >= 4 is 17.9 Å². The fraction of sp³-hybridized carbons (Fsp3) is 0.853. The second-order valence-electron chi connectivity index (χ2n) is 24.5. The van der Waals surface area contributed by atoms with Crippen molar-refractivity contribution in [2.45, 2.75) is 399 Å². The Morgan fingerprint density at radius 2 is 0.444 bits per heavy atom. The highest BCUT2D eigenvalue weighted by molar-refractivity contribution is 5.71. The minimum absolute atomic E-state index is 0.0776. The molecule has 474 valence electrons. The lowest BCUT2D eigenvalue weighted by molar-refractivity contribution is -0.167. The minimum atomic E-state index is -0.783. The van der Waals surface area contributed by atoms with E-state index >= 15 is 0 Å². The van der Waals surface area contributed by atoms with E-state index in [0.29, 0.717) is 19.3 Å². The summed E-state index contributed by atoms with van der Waals surface area (Å²) in [6, 6.07) is 0. The van der Waals surface area contributed by atoms with E-state index in [1.165, 1.54) is 263 Å². The number of hydrogen-bond acceptors (Lipinski definition) is 6. The first-order valence-electron chi connectivity index (χ1n) is 36.1. The van der Waals surface area contributed by atoms with Crippen LogP contribution in [0.1, 0.15) is 393 Å². The normalized spacial score (nSPS) is 12.3. The number of carbonyl (C=O) groups excluding carboxylic acids is 3. The van der Waals surface area contributed by atoms with Crippen LogP contribution in [-0.2, 0) is 28.6 Å². The quantitative estimate of drug-likeness (QED) is 0.0261. The summed E-state index contributed by atoms with van der Waals surface area (Å²) in [4.78, 5) is 38.4. The van der Waals surface area contributed by atoms with Crippen molar-refractivity contribution in [2.24, 2.45) is 0 Å². The summed E-state index contributed by atoms with van der Waals surface area (Å²) in [5.74, 6) is -0.877. The van der Waals surface area contributed by atoms with Crippen molar-refractivity contribution < 1.29 is 28.6 Å². The van der Waals surface area contributed by atoms with E-state index in [-0.39, 0.29) is 31.1 Å². The zero-order valence-corrected chi connectivity index (χ0v) is 54.6. The van der Waals surface area contributed by atoms with Crippen molar-refractivity contribution in [3.05, 3.63) is 48.6 Å². The van der Waals surface area contributed by atoms with Crippen molar-refractivity contribution in [1.82, 2.24) is 0 Å². The van der Waals surface area contributed by atoms with E-state index in [9.17, 15) is 14.4 Å². The topological polar surface area (TPSA) is 78.9 Å². The van der Waals surface area contributed by atoms with Gasteiger partial charge >= 0.3 is 17.9 Å². The van der Waals surface area contributed by atoms with Gasteiger partial charge in [0.15, 0.2) is 6.10 Å². The molecule has 0 rings (SSSR count). The third-order valence-electron chi connectivity index (χ3n) is 16.3. The van der Waals surface area contributed by atoms with Crippen LogP contribution in [0.3, 0.4) is 0 Å². The van der Waals surface area contributed by atoms with Crippen LogP contribution in [0.5, 0.6) is 0 Å². The number of carbonyl (C=O) groups is 3. The van der Waals surface area contributed by atoms with Crippen LogP contribution in [0, 0.1) is 0 Å². The number of allylic oxidation sites excluding steroid dienone is 8. The Bertz CT molecular complexity index is 1400. The molecule has 0 aliphatic heterocycles. The average molecular weight is 1140 g/mol. The summed E-state index contributed by atoms with van der Waals surface area (Å²) in [6.07, 6.45) is 88.7. The molecule has 0 saturated heterocycles. The van der Waals surface area contributed by atoms with Gasteiger partial charge in [0.05, 0.1) is 0 Å². The standard InChI is InChI=1S/C75H138O6/c1-4-7-10-13-16-19-22-25-28-29-30-31-32-33-34-35-36-37-38-39-40-41-42-43-44-45-48-50-53-56-59-62-65-68-74(77)80-71-72(81-75(78)69-66-63-60-57-54-51-47-27-24-21-18-15-12-9-6-3)70-79-73(76)67-64-61-58-55-52-49-46-26-23-20-17-14-11-8-5-2/h18,21,26-27,29-30,46-47,72H,4-17,19-20,22-25,28,31-45,48-71H2,1-3H3/b21-18-,30-29-,46-26-,47-27-. The molecule has 6 nitrogen and oxygen atoms in total. The van der Waals surface area contributed by atoms with Crippen molar-refractivity contribution in [1.29, 1.82) is 0 Å². The lowest BCUT2D eigenvalue weighted by Gasteiger charge is -2.18. The van der Waals surface area contributed by atoms with Gasteiger partial charge in [-0.1, -0.05) is 320 Å². The average Bonchev–Trinajstić information content (AvgIpc) is 3.47. The van der Waals surface area contributed by atoms with Gasteiger partial charge in [0.25, 0.3) is 0 Å². The first kappa shape index (κ1) is 78.4. The number of unbranched alkanes of at least 4 members (excludes halogenated alkanes) is 48. The van der Waals surface area contributed by atoms with E-state index in [2.05, 4.69) is 69.4 Å². The van der Waals surface area contributed by atoms with Crippen LogP contribution in [0.25, 0.3) is 0 Å². The molecule has 1 unspecified atom stereocenters. The molecule has 0 N–H and O–H groups in total. The van der Waals surface area contributed by atoms with Gasteiger partial charge in [-0.05, 0) is 103 Å². The fourth-order valence-electron chi connectivity index (χ4n) is 10.8. The van der Waals surface area contributed by atoms with Gasteiger partial charge in [-0.25, -0.2) is 0 Å². The van der Waals surface area contributed by atoms with Gasteiger partial charge in [-0.2, -0.15) is 0 Å². The molecule has 0 radical (unpaired) electrons. The molecule has 0 aliphatic carbocycles. The maximum atomic E-state index is 12.9. The predicted molar refractivity (Wildman–Crippen MR) is 353 cm³/mol. The van der Waals surface area contributed by atoms with E-state index in [4.69, 9.17) is 14.2 Å². The Balaban J connectivity index is 4.13. The lowest BCUT2D eigenvalue weighted by atomic mass is 10.0. The number of esters is 3. The third-order valence-corrected chi connectivity index (χ3v) is 16.3. The Labute approximate surface area is 505 Å². The largest absolute Gasteiger partial charge is 0.462 e. The van der Waals surface area contributed by atoms with E-state index in [1.54, 1.807) is 0 Å². The molecule has 1 atom stereocenters. The fourth-order valence-corrected chi connectivity index (χ4v) is 10.8. The Morgan fingerprint density at radius 1 is 0.247 bits per heavy atom. The van der Waals surface area contributed by atoms with Crippen LogP contribution in [-0.4, -0.2) is 37.2 Å². The Kier molecular flexibility index (Phi) is 67.6. The number of hydrogen-bond donors (Lipinski definition) is 0. The molecule has 0 aliphatic rings. The molecule has 0 aromatic heterocycles. The van der Waals surface area contributed by atoms with Crippen molar-refractivity contribution in [2.75, 3.05) is 13.2 Å². The first-order valence-corrected chi connectivity index (χ1v) is 36.1. The maximum Gasteiger partial charge on any atom is 0.306 e. The highest BCUT2D eigenvalue weighted by atomic mass is 16.6. The second kappa shape index (κ2) is 69.9. The molecule has 0 fully saturated rings. The third kappa shape index (κ3) is 68.0. The zero-order chi connectivity index (χ0) is 58.5. The Hall–Kier alpha value is -2.63. The predicted octanol–water partition coefficient (Wildman–Crippen LogP) is 24.9. The van der Waals surface area contributed by atoms with E-state index < -0.39 is 6.10 Å². The monoisotopic (exact) mass is 1140 g/mol. The smallest absolute Gasteiger partial charge is 0.306 e. The van der Waals surface area contributed by atoms with Gasteiger partial charge in [0, 0.05) is 19.3 Å². The van der Waals surface area contributed by atoms with Gasteiger partial charge in [-0.3, -0.25) is 14.4 Å². The minimum Gasteiger partial charge on any atom is -0.462 e. The molecule has 81 heavy (non-hydrogen) atoms. The van der Waals surface area contributed by atoms with Crippen LogP contribution < -0.4 is 0 Å². The SMILES string of the molecule is CCCCC/C=C\C/C=C\CCCCCCCC(=O)OC(COC(=O)CCCCCCC/C=C\CCCCCCCC)COC(=O)CCCCCCCCCCCCCCCCCCCCCCC/C=C\CCCCCCCCCC. The summed E-state index contributed by atoms with van der Waals surface area (Å²) >= 11 is 0. The van der Waals surface area contributed by atoms with Crippen LogP contribution in [0.2, 0.25) is 0 Å². The second-order valence-corrected chi connectivity index (χ2v) is 24.5. The number of ether oxygens (including phenoxy) is 3. The van der Waals surface area contributed by atoms with Gasteiger partial charge < -0.3 is 14.2 Å². The summed E-state index contributed by atoms with van der Waals surface area (Å²) < 4.78 is 17.0. The number of rotatable bonds is 67. The summed E-state index contributed by atoms with van der Waals surface area (Å²) in [5, 5.41) is 0.